The van der Waals surface area contributed by atoms with Crippen LogP contribution in [0.1, 0.15) is 11.1 Å². The molecule has 1 aliphatic heterocycles. The molecule has 0 fully saturated rings. The van der Waals surface area contributed by atoms with Gasteiger partial charge in [0.15, 0.2) is 0 Å². The molecule has 0 saturated carbocycles. The van der Waals surface area contributed by atoms with Gasteiger partial charge in [-0.2, -0.15) is 0 Å². The van der Waals surface area contributed by atoms with Crippen molar-refractivity contribution in [2.45, 2.75) is 0 Å². The van der Waals surface area contributed by atoms with Gasteiger partial charge in [-0.3, -0.25) is 4.79 Å². The highest BCUT2D eigenvalue weighted by Crippen LogP contribution is 2.40. The monoisotopic (exact) mass is 395 g/mol. The summed E-state index contributed by atoms with van der Waals surface area (Å²) >= 11 is 6.80. The number of hydrogen-bond donors (Lipinski definition) is 1. The van der Waals surface area contributed by atoms with Crippen LogP contribution in [-0.4, -0.2) is 5.91 Å². The number of hydrogen-bond acceptors (Lipinski definition) is 1. The Morgan fingerprint density at radius 3 is 2.65 bits per heavy atom. The second-order valence-corrected chi connectivity index (χ2v) is 6.11. The minimum absolute atomic E-state index is 0.234. The molecule has 0 spiro atoms. The van der Waals surface area contributed by atoms with Crippen molar-refractivity contribution in [2.24, 2.45) is 0 Å². The Hall–Kier alpha value is -1.46. The van der Waals surface area contributed by atoms with Crippen molar-refractivity contribution in [1.82, 2.24) is 0 Å². The molecule has 1 amide bonds. The van der Waals surface area contributed by atoms with Gasteiger partial charge in [-0.05, 0) is 40.2 Å². The zero-order valence-electron chi connectivity index (χ0n) is 10.1. The minimum atomic E-state index is -0.352. The molecule has 5 heteroatoms. The van der Waals surface area contributed by atoms with E-state index >= 15 is 0 Å². The van der Waals surface area contributed by atoms with Crippen LogP contribution in [-0.2, 0) is 4.79 Å². The molecule has 3 rings (SSSR count). The van der Waals surface area contributed by atoms with Crippen molar-refractivity contribution >= 4 is 55.1 Å². The van der Waals surface area contributed by atoms with Crippen LogP contribution in [0.4, 0.5) is 10.1 Å². The third-order valence-electron chi connectivity index (χ3n) is 3.03. The van der Waals surface area contributed by atoms with E-state index in [1.165, 1.54) is 6.07 Å². The summed E-state index contributed by atoms with van der Waals surface area (Å²) in [6.45, 7) is 0. The maximum atomic E-state index is 13.7. The predicted molar refractivity (Wildman–Crippen MR) is 84.7 cm³/mol. The first-order valence-electron chi connectivity index (χ1n) is 5.83. The predicted octanol–water partition coefficient (Wildman–Crippen LogP) is 4.84. The van der Waals surface area contributed by atoms with E-state index in [1.807, 2.05) is 12.1 Å². The summed E-state index contributed by atoms with van der Waals surface area (Å²) in [6.07, 6.45) is 1.56. The van der Waals surface area contributed by atoms with Crippen LogP contribution in [0, 0.1) is 5.82 Å². The molecule has 2 nitrogen and oxygen atoms in total. The molecule has 0 atom stereocenters. The van der Waals surface area contributed by atoms with Crippen LogP contribution in [0.25, 0.3) is 11.6 Å². The van der Waals surface area contributed by atoms with E-state index < -0.39 is 0 Å². The lowest BCUT2D eigenvalue weighted by atomic mass is 10.0. The summed E-state index contributed by atoms with van der Waals surface area (Å²) in [5.41, 5.74) is 2.30. The summed E-state index contributed by atoms with van der Waals surface area (Å²) in [7, 11) is 0. The van der Waals surface area contributed by atoms with E-state index in [4.69, 9.17) is 0 Å². The second-order valence-electron chi connectivity index (χ2n) is 4.34. The lowest BCUT2D eigenvalue weighted by Crippen LogP contribution is -2.04. The van der Waals surface area contributed by atoms with E-state index in [-0.39, 0.29) is 11.7 Å². The quantitative estimate of drug-likeness (QED) is 0.686. The average molecular weight is 397 g/mol. The van der Waals surface area contributed by atoms with Crippen LogP contribution in [0.2, 0.25) is 0 Å². The van der Waals surface area contributed by atoms with Crippen molar-refractivity contribution < 1.29 is 9.18 Å². The number of anilines is 1. The number of rotatable bonds is 1. The zero-order valence-corrected chi connectivity index (χ0v) is 13.3. The number of halogens is 3. The summed E-state index contributed by atoms with van der Waals surface area (Å²) < 4.78 is 15.3. The highest BCUT2D eigenvalue weighted by molar-refractivity contribution is 9.11. The molecule has 0 unspecified atom stereocenters. The van der Waals surface area contributed by atoms with Crippen LogP contribution in [0.5, 0.6) is 0 Å². The molecule has 20 heavy (non-hydrogen) atoms. The van der Waals surface area contributed by atoms with Gasteiger partial charge in [0.2, 0.25) is 0 Å². The van der Waals surface area contributed by atoms with Crippen molar-refractivity contribution in [3.8, 4) is 0 Å². The Bertz CT molecular complexity index is 756. The molecule has 1 heterocycles. The van der Waals surface area contributed by atoms with E-state index in [2.05, 4.69) is 37.2 Å². The topological polar surface area (TPSA) is 29.1 Å². The maximum Gasteiger partial charge on any atom is 0.256 e. The lowest BCUT2D eigenvalue weighted by Gasteiger charge is -2.03. The smallest absolute Gasteiger partial charge is 0.256 e. The van der Waals surface area contributed by atoms with Gasteiger partial charge in [0, 0.05) is 25.6 Å². The molecule has 0 aliphatic carbocycles. The number of fused-ring (bicyclic) bond motifs is 1. The summed E-state index contributed by atoms with van der Waals surface area (Å²) in [6, 6.07) is 10.1. The Balaban J connectivity index is 2.18. The van der Waals surface area contributed by atoms with Gasteiger partial charge in [-0.15, -0.1) is 0 Å². The molecule has 0 aromatic heterocycles. The number of carbonyl (C=O) groups is 1. The number of benzene rings is 2. The Kier molecular flexibility index (Phi) is 3.48. The molecule has 0 saturated heterocycles. The van der Waals surface area contributed by atoms with E-state index in [9.17, 15) is 9.18 Å². The minimum Gasteiger partial charge on any atom is -0.320 e. The normalized spacial score (nSPS) is 15.3. The number of amides is 1. The molecule has 100 valence electrons. The first-order valence-corrected chi connectivity index (χ1v) is 7.42. The van der Waals surface area contributed by atoms with Gasteiger partial charge >= 0.3 is 0 Å². The Morgan fingerprint density at radius 2 is 1.90 bits per heavy atom. The molecule has 1 aliphatic rings. The molecule has 2 aromatic carbocycles. The van der Waals surface area contributed by atoms with Gasteiger partial charge in [0.25, 0.3) is 5.91 Å². The fraction of sp³-hybridized carbons (Fsp3) is 0. The van der Waals surface area contributed by atoms with Crippen LogP contribution < -0.4 is 5.32 Å². The summed E-state index contributed by atoms with van der Waals surface area (Å²) in [5.74, 6) is -0.586. The second kappa shape index (κ2) is 5.14. The highest BCUT2D eigenvalue weighted by Gasteiger charge is 2.26. The average Bonchev–Trinajstić information content (AvgIpc) is 2.70. The van der Waals surface area contributed by atoms with Gasteiger partial charge in [-0.1, -0.05) is 34.1 Å². The van der Waals surface area contributed by atoms with Gasteiger partial charge in [-0.25, -0.2) is 4.39 Å². The van der Waals surface area contributed by atoms with Gasteiger partial charge in [0.1, 0.15) is 5.82 Å². The molecular weight excluding hydrogens is 389 g/mol. The Labute approximate surface area is 131 Å². The number of nitrogens with one attached hydrogen (secondary N) is 1. The van der Waals surface area contributed by atoms with E-state index in [1.54, 1.807) is 24.3 Å². The van der Waals surface area contributed by atoms with E-state index in [0.29, 0.717) is 16.8 Å². The van der Waals surface area contributed by atoms with Crippen molar-refractivity contribution in [2.75, 3.05) is 5.32 Å². The molecule has 1 N–H and O–H groups in total. The van der Waals surface area contributed by atoms with E-state index in [0.717, 1.165) is 14.5 Å². The summed E-state index contributed by atoms with van der Waals surface area (Å²) in [5, 5.41) is 2.79. The maximum absolute atomic E-state index is 13.7. The SMILES string of the molecule is O=C1Nc2c(Br)cc(Br)cc2/C1=C/c1ccccc1F. The van der Waals surface area contributed by atoms with Crippen LogP contribution >= 0.6 is 31.9 Å². The largest absolute Gasteiger partial charge is 0.320 e. The van der Waals surface area contributed by atoms with Crippen molar-refractivity contribution in [3.05, 3.63) is 62.3 Å². The molecule has 0 radical (unpaired) electrons. The zero-order chi connectivity index (χ0) is 14.3. The fourth-order valence-electron chi connectivity index (χ4n) is 2.11. The Morgan fingerprint density at radius 1 is 1.15 bits per heavy atom. The molecule has 0 bridgehead atoms. The lowest BCUT2D eigenvalue weighted by molar-refractivity contribution is -0.110. The standard InChI is InChI=1S/C15H8Br2FNO/c16-9-6-10-11(5-8-3-1-2-4-13(8)18)15(20)19-14(10)12(17)7-9/h1-7H,(H,19,20)/b11-5-. The third-order valence-corrected chi connectivity index (χ3v) is 4.12. The first kappa shape index (κ1) is 13.5. The molecule has 2 aromatic rings. The van der Waals surface area contributed by atoms with Crippen LogP contribution in [0.3, 0.4) is 0 Å². The molecular formula is C15H8Br2FNO. The fourth-order valence-corrected chi connectivity index (χ4v) is 3.43. The number of carbonyl (C=O) groups excluding carboxylic acids is 1. The highest BCUT2D eigenvalue weighted by atomic mass is 79.9. The van der Waals surface area contributed by atoms with Gasteiger partial charge < -0.3 is 5.32 Å². The first-order chi connectivity index (χ1) is 9.56. The van der Waals surface area contributed by atoms with Crippen molar-refractivity contribution in [1.29, 1.82) is 0 Å². The van der Waals surface area contributed by atoms with Crippen LogP contribution in [0.15, 0.2) is 45.3 Å². The summed E-state index contributed by atoms with van der Waals surface area (Å²) in [4.78, 5) is 12.1. The van der Waals surface area contributed by atoms with Crippen molar-refractivity contribution in [3.63, 3.8) is 0 Å². The van der Waals surface area contributed by atoms with Gasteiger partial charge in [0.05, 0.1) is 5.69 Å². The third kappa shape index (κ3) is 2.31.